The monoisotopic (exact) mass is 376 g/mol. The number of para-hydroxylation sites is 1. The minimum absolute atomic E-state index is 0.297. The molecule has 142 valence electrons. The number of aromatic nitrogens is 2. The highest BCUT2D eigenvalue weighted by Gasteiger charge is 2.21. The molecule has 28 heavy (non-hydrogen) atoms. The summed E-state index contributed by atoms with van der Waals surface area (Å²) in [6.07, 6.45) is 0.982. The molecule has 0 bridgehead atoms. The summed E-state index contributed by atoms with van der Waals surface area (Å²) in [4.78, 5) is 14.6. The standard InChI is InChI=1S/C21H20N4O3/c1-27-17-8-7-15(13-18(17)28-2)21(26)22-19-9-10-20(24-23-19)25-12-11-14-5-3-4-6-16(14)25/h3-10,13H,11-12H2,1-2H3,(H,22,23,26). The fourth-order valence-corrected chi connectivity index (χ4v) is 3.28. The van der Waals surface area contributed by atoms with Crippen molar-refractivity contribution in [1.82, 2.24) is 10.2 Å². The third-order valence-electron chi connectivity index (χ3n) is 4.70. The Bertz CT molecular complexity index is 1000. The molecule has 4 rings (SSSR count). The first-order valence-corrected chi connectivity index (χ1v) is 8.92. The van der Waals surface area contributed by atoms with Crippen LogP contribution < -0.4 is 19.7 Å². The molecule has 2 heterocycles. The minimum atomic E-state index is -0.297. The van der Waals surface area contributed by atoms with E-state index in [1.807, 2.05) is 18.2 Å². The van der Waals surface area contributed by atoms with Crippen LogP contribution in [0.3, 0.4) is 0 Å². The highest BCUT2D eigenvalue weighted by molar-refractivity contribution is 6.04. The van der Waals surface area contributed by atoms with E-state index in [0.717, 1.165) is 24.5 Å². The first kappa shape index (κ1) is 17.8. The van der Waals surface area contributed by atoms with Crippen molar-refractivity contribution < 1.29 is 14.3 Å². The van der Waals surface area contributed by atoms with Crippen LogP contribution in [-0.2, 0) is 6.42 Å². The van der Waals surface area contributed by atoms with Crippen molar-refractivity contribution >= 4 is 23.2 Å². The molecule has 0 fully saturated rings. The number of hydrogen-bond acceptors (Lipinski definition) is 6. The van der Waals surface area contributed by atoms with Gasteiger partial charge in [0.05, 0.1) is 14.2 Å². The lowest BCUT2D eigenvalue weighted by atomic mass is 10.2. The molecule has 0 unspecified atom stereocenters. The second-order valence-corrected chi connectivity index (χ2v) is 6.33. The molecule has 1 aliphatic heterocycles. The Balaban J connectivity index is 1.49. The molecule has 0 aliphatic carbocycles. The van der Waals surface area contributed by atoms with Crippen LogP contribution >= 0.6 is 0 Å². The van der Waals surface area contributed by atoms with Gasteiger partial charge in [0.1, 0.15) is 0 Å². The zero-order chi connectivity index (χ0) is 19.5. The number of carbonyl (C=O) groups excluding carboxylic acids is 1. The topological polar surface area (TPSA) is 76.6 Å². The van der Waals surface area contributed by atoms with Crippen LogP contribution in [-0.4, -0.2) is 36.9 Å². The van der Waals surface area contributed by atoms with Crippen LogP contribution in [0.25, 0.3) is 0 Å². The molecule has 3 aromatic rings. The van der Waals surface area contributed by atoms with E-state index in [0.29, 0.717) is 22.9 Å². The van der Waals surface area contributed by atoms with E-state index in [1.165, 1.54) is 12.7 Å². The Morgan fingerprint density at radius 1 is 1.00 bits per heavy atom. The maximum absolute atomic E-state index is 12.5. The zero-order valence-corrected chi connectivity index (χ0v) is 15.7. The van der Waals surface area contributed by atoms with Gasteiger partial charge in [-0.05, 0) is 48.4 Å². The normalized spacial score (nSPS) is 12.4. The molecule has 1 amide bonds. The van der Waals surface area contributed by atoms with E-state index in [2.05, 4.69) is 32.5 Å². The van der Waals surface area contributed by atoms with Crippen LogP contribution in [0.4, 0.5) is 17.3 Å². The smallest absolute Gasteiger partial charge is 0.257 e. The number of fused-ring (bicyclic) bond motifs is 1. The number of carbonyl (C=O) groups is 1. The van der Waals surface area contributed by atoms with Crippen molar-refractivity contribution in [2.45, 2.75) is 6.42 Å². The van der Waals surface area contributed by atoms with E-state index >= 15 is 0 Å². The van der Waals surface area contributed by atoms with Crippen molar-refractivity contribution in [2.75, 3.05) is 31.0 Å². The van der Waals surface area contributed by atoms with Gasteiger partial charge < -0.3 is 19.7 Å². The molecule has 0 spiro atoms. The van der Waals surface area contributed by atoms with E-state index in [9.17, 15) is 4.79 Å². The Morgan fingerprint density at radius 2 is 1.82 bits per heavy atom. The number of benzene rings is 2. The summed E-state index contributed by atoms with van der Waals surface area (Å²) in [5.74, 6) is 1.90. The number of nitrogens with one attached hydrogen (secondary N) is 1. The van der Waals surface area contributed by atoms with E-state index < -0.39 is 0 Å². The van der Waals surface area contributed by atoms with Gasteiger partial charge in [-0.3, -0.25) is 4.79 Å². The van der Waals surface area contributed by atoms with Crippen LogP contribution in [0.2, 0.25) is 0 Å². The Hall–Kier alpha value is -3.61. The number of ether oxygens (including phenoxy) is 2. The number of amides is 1. The predicted octanol–water partition coefficient (Wildman–Crippen LogP) is 3.44. The minimum Gasteiger partial charge on any atom is -0.493 e. The highest BCUT2D eigenvalue weighted by Crippen LogP contribution is 2.33. The molecule has 7 nitrogen and oxygen atoms in total. The SMILES string of the molecule is COc1ccc(C(=O)Nc2ccc(N3CCc4ccccc43)nn2)cc1OC. The van der Waals surface area contributed by atoms with Crippen LogP contribution in [0, 0.1) is 0 Å². The quantitative estimate of drug-likeness (QED) is 0.735. The van der Waals surface area contributed by atoms with E-state index in [-0.39, 0.29) is 5.91 Å². The number of nitrogens with zero attached hydrogens (tertiary/aromatic N) is 3. The van der Waals surface area contributed by atoms with Crippen molar-refractivity contribution in [1.29, 1.82) is 0 Å². The number of methoxy groups -OCH3 is 2. The summed E-state index contributed by atoms with van der Waals surface area (Å²) < 4.78 is 10.4. The number of anilines is 3. The maximum Gasteiger partial charge on any atom is 0.257 e. The predicted molar refractivity (Wildman–Crippen MR) is 107 cm³/mol. The third kappa shape index (κ3) is 3.34. The number of rotatable bonds is 5. The highest BCUT2D eigenvalue weighted by atomic mass is 16.5. The van der Waals surface area contributed by atoms with Gasteiger partial charge in [-0.15, -0.1) is 10.2 Å². The summed E-state index contributed by atoms with van der Waals surface area (Å²) in [5.41, 5.74) is 2.89. The van der Waals surface area contributed by atoms with Crippen LogP contribution in [0.15, 0.2) is 54.6 Å². The van der Waals surface area contributed by atoms with E-state index in [4.69, 9.17) is 9.47 Å². The van der Waals surface area contributed by atoms with Gasteiger partial charge in [-0.1, -0.05) is 18.2 Å². The second kappa shape index (κ2) is 7.56. The van der Waals surface area contributed by atoms with Gasteiger partial charge in [0.2, 0.25) is 0 Å². The molecule has 0 radical (unpaired) electrons. The molecule has 0 saturated heterocycles. The fourth-order valence-electron chi connectivity index (χ4n) is 3.28. The maximum atomic E-state index is 12.5. The van der Waals surface area contributed by atoms with Crippen molar-refractivity contribution in [3.8, 4) is 11.5 Å². The van der Waals surface area contributed by atoms with Gasteiger partial charge in [0, 0.05) is 17.8 Å². The summed E-state index contributed by atoms with van der Waals surface area (Å²) in [5, 5.41) is 11.2. The van der Waals surface area contributed by atoms with E-state index in [1.54, 1.807) is 31.4 Å². The molecule has 7 heteroatoms. The van der Waals surface area contributed by atoms with Crippen molar-refractivity contribution in [3.05, 3.63) is 65.7 Å². The fraction of sp³-hybridized carbons (Fsp3) is 0.190. The first-order valence-electron chi connectivity index (χ1n) is 8.92. The van der Waals surface area contributed by atoms with Gasteiger partial charge in [-0.2, -0.15) is 0 Å². The van der Waals surface area contributed by atoms with Crippen molar-refractivity contribution in [3.63, 3.8) is 0 Å². The average molecular weight is 376 g/mol. The molecule has 2 aromatic carbocycles. The lowest BCUT2D eigenvalue weighted by Crippen LogP contribution is -2.17. The molecule has 1 aromatic heterocycles. The molecule has 0 saturated carbocycles. The zero-order valence-electron chi connectivity index (χ0n) is 15.7. The largest absolute Gasteiger partial charge is 0.493 e. The molecule has 1 aliphatic rings. The first-order chi connectivity index (χ1) is 13.7. The van der Waals surface area contributed by atoms with Gasteiger partial charge >= 0.3 is 0 Å². The van der Waals surface area contributed by atoms with Gasteiger partial charge in [-0.25, -0.2) is 0 Å². The summed E-state index contributed by atoms with van der Waals surface area (Å²) in [7, 11) is 3.08. The van der Waals surface area contributed by atoms with Gasteiger partial charge in [0.25, 0.3) is 5.91 Å². The third-order valence-corrected chi connectivity index (χ3v) is 4.70. The summed E-state index contributed by atoms with van der Waals surface area (Å²) in [6, 6.07) is 16.9. The number of hydrogen-bond donors (Lipinski definition) is 1. The lowest BCUT2D eigenvalue weighted by molar-refractivity contribution is 0.102. The molecule has 0 atom stereocenters. The second-order valence-electron chi connectivity index (χ2n) is 6.33. The molecular formula is C21H20N4O3. The Kier molecular flexibility index (Phi) is 4.80. The summed E-state index contributed by atoms with van der Waals surface area (Å²) >= 11 is 0. The average Bonchev–Trinajstić information content (AvgIpc) is 3.18. The molecule has 1 N–H and O–H groups in total. The summed E-state index contributed by atoms with van der Waals surface area (Å²) in [6.45, 7) is 0.866. The lowest BCUT2D eigenvalue weighted by Gasteiger charge is -2.17. The van der Waals surface area contributed by atoms with Gasteiger partial charge in [0.15, 0.2) is 23.1 Å². The van der Waals surface area contributed by atoms with Crippen LogP contribution in [0.1, 0.15) is 15.9 Å². The van der Waals surface area contributed by atoms with Crippen LogP contribution in [0.5, 0.6) is 11.5 Å². The molecular weight excluding hydrogens is 356 g/mol. The Labute approximate surface area is 162 Å². The Morgan fingerprint density at radius 3 is 2.57 bits per heavy atom. The van der Waals surface area contributed by atoms with Crippen molar-refractivity contribution in [2.24, 2.45) is 0 Å².